The van der Waals surface area contributed by atoms with Crippen molar-refractivity contribution in [2.24, 2.45) is 5.92 Å². The van der Waals surface area contributed by atoms with E-state index in [0.717, 1.165) is 12.1 Å². The second-order valence-electron chi connectivity index (χ2n) is 6.92. The van der Waals surface area contributed by atoms with Crippen molar-refractivity contribution in [1.82, 2.24) is 10.2 Å². The number of carbonyl (C=O) groups is 2. The van der Waals surface area contributed by atoms with Gasteiger partial charge in [-0.3, -0.25) is 9.59 Å². The molecular formula is C20H21F3N2O2S. The van der Waals surface area contributed by atoms with Crippen LogP contribution in [0.15, 0.2) is 41.8 Å². The Labute approximate surface area is 165 Å². The van der Waals surface area contributed by atoms with Crippen molar-refractivity contribution in [1.29, 1.82) is 0 Å². The number of hydrogen-bond donors (Lipinski definition) is 1. The van der Waals surface area contributed by atoms with Crippen LogP contribution in [0.2, 0.25) is 0 Å². The fourth-order valence-corrected chi connectivity index (χ4v) is 4.02. The largest absolute Gasteiger partial charge is 0.416 e. The number of carbonyl (C=O) groups excluding carboxylic acids is 2. The van der Waals surface area contributed by atoms with Gasteiger partial charge in [0.25, 0.3) is 5.91 Å². The van der Waals surface area contributed by atoms with Crippen LogP contribution in [-0.4, -0.2) is 29.8 Å². The zero-order valence-electron chi connectivity index (χ0n) is 15.3. The van der Waals surface area contributed by atoms with Crippen LogP contribution < -0.4 is 5.32 Å². The number of nitrogens with zero attached hydrogens (tertiary/aromatic N) is 1. The molecule has 2 atom stereocenters. The smallest absolute Gasteiger partial charge is 0.349 e. The van der Waals surface area contributed by atoms with Crippen molar-refractivity contribution in [3.63, 3.8) is 0 Å². The van der Waals surface area contributed by atoms with Crippen molar-refractivity contribution in [3.8, 4) is 0 Å². The summed E-state index contributed by atoms with van der Waals surface area (Å²) in [4.78, 5) is 27.5. The second-order valence-corrected chi connectivity index (χ2v) is 7.87. The molecule has 1 saturated heterocycles. The van der Waals surface area contributed by atoms with E-state index in [0.29, 0.717) is 36.4 Å². The summed E-state index contributed by atoms with van der Waals surface area (Å²) in [6.07, 6.45) is -3.06. The standard InChI is InChI=1S/C20H21F3N2O2S/c1-13(14-5-2-7-16(11-14)20(21,22)23)24-18(26)15-6-3-9-25(12-15)19(27)17-8-4-10-28-17/h2,4-5,7-8,10-11,13,15H,3,6,9,12H2,1H3,(H,24,26)/t13-,15+/m0/s1. The van der Waals surface area contributed by atoms with Gasteiger partial charge in [0.15, 0.2) is 0 Å². The Morgan fingerprint density at radius 3 is 2.71 bits per heavy atom. The lowest BCUT2D eigenvalue weighted by atomic mass is 9.96. The van der Waals surface area contributed by atoms with Crippen LogP contribution in [0.1, 0.15) is 46.6 Å². The first kappa shape index (κ1) is 20.4. The zero-order valence-corrected chi connectivity index (χ0v) is 16.1. The van der Waals surface area contributed by atoms with Crippen LogP contribution in [0.3, 0.4) is 0 Å². The summed E-state index contributed by atoms with van der Waals surface area (Å²) >= 11 is 1.36. The maximum atomic E-state index is 12.9. The van der Waals surface area contributed by atoms with Crippen LogP contribution >= 0.6 is 11.3 Å². The molecule has 2 amide bonds. The number of likely N-dealkylation sites (tertiary alicyclic amines) is 1. The van der Waals surface area contributed by atoms with Gasteiger partial charge in [0.1, 0.15) is 0 Å². The first-order valence-corrected chi connectivity index (χ1v) is 9.94. The van der Waals surface area contributed by atoms with E-state index in [1.54, 1.807) is 24.0 Å². The third-order valence-corrected chi connectivity index (χ3v) is 5.74. The van der Waals surface area contributed by atoms with E-state index >= 15 is 0 Å². The summed E-state index contributed by atoms with van der Waals surface area (Å²) in [7, 11) is 0. The number of nitrogens with one attached hydrogen (secondary N) is 1. The molecule has 0 spiro atoms. The highest BCUT2D eigenvalue weighted by Crippen LogP contribution is 2.31. The molecule has 8 heteroatoms. The molecule has 1 aromatic carbocycles. The van der Waals surface area contributed by atoms with E-state index in [-0.39, 0.29) is 17.7 Å². The molecule has 0 radical (unpaired) electrons. The molecule has 150 valence electrons. The van der Waals surface area contributed by atoms with Crippen molar-refractivity contribution in [3.05, 3.63) is 57.8 Å². The van der Waals surface area contributed by atoms with Gasteiger partial charge >= 0.3 is 6.18 Å². The molecule has 2 aromatic rings. The van der Waals surface area contributed by atoms with Gasteiger partial charge in [-0.25, -0.2) is 0 Å². The van der Waals surface area contributed by atoms with Gasteiger partial charge in [0.05, 0.1) is 22.4 Å². The van der Waals surface area contributed by atoms with Crippen LogP contribution in [0.5, 0.6) is 0 Å². The van der Waals surface area contributed by atoms with E-state index < -0.39 is 17.8 Å². The third-order valence-electron chi connectivity index (χ3n) is 4.88. The lowest BCUT2D eigenvalue weighted by molar-refractivity contribution is -0.137. The number of halogens is 3. The van der Waals surface area contributed by atoms with Gasteiger partial charge < -0.3 is 10.2 Å². The molecule has 1 aromatic heterocycles. The molecule has 3 rings (SSSR count). The number of rotatable bonds is 4. The van der Waals surface area contributed by atoms with E-state index in [1.807, 2.05) is 11.4 Å². The molecule has 28 heavy (non-hydrogen) atoms. The summed E-state index contributed by atoms with van der Waals surface area (Å²) in [6, 6.07) is 7.97. The molecular weight excluding hydrogens is 389 g/mol. The number of amides is 2. The van der Waals surface area contributed by atoms with Crippen molar-refractivity contribution in [2.45, 2.75) is 32.0 Å². The van der Waals surface area contributed by atoms with E-state index in [2.05, 4.69) is 5.32 Å². The summed E-state index contributed by atoms with van der Waals surface area (Å²) in [5, 5.41) is 4.63. The molecule has 2 heterocycles. The highest BCUT2D eigenvalue weighted by Gasteiger charge is 2.32. The van der Waals surface area contributed by atoms with E-state index in [1.165, 1.54) is 17.4 Å². The van der Waals surface area contributed by atoms with Gasteiger partial charge in [-0.05, 0) is 48.9 Å². The second kappa shape index (κ2) is 8.34. The molecule has 1 aliphatic heterocycles. The maximum Gasteiger partial charge on any atom is 0.416 e. The molecule has 4 nitrogen and oxygen atoms in total. The Morgan fingerprint density at radius 2 is 2.04 bits per heavy atom. The van der Waals surface area contributed by atoms with Gasteiger partial charge in [-0.15, -0.1) is 11.3 Å². The molecule has 1 aliphatic rings. The number of alkyl halides is 3. The predicted molar refractivity (Wildman–Crippen MR) is 101 cm³/mol. The zero-order chi connectivity index (χ0) is 20.3. The molecule has 1 fully saturated rings. The fourth-order valence-electron chi connectivity index (χ4n) is 3.33. The maximum absolute atomic E-state index is 12.9. The van der Waals surface area contributed by atoms with Crippen LogP contribution in [0.25, 0.3) is 0 Å². The average Bonchev–Trinajstić information content (AvgIpc) is 3.21. The monoisotopic (exact) mass is 410 g/mol. The number of hydrogen-bond acceptors (Lipinski definition) is 3. The third kappa shape index (κ3) is 4.73. The molecule has 1 N–H and O–H groups in total. The Bertz CT molecular complexity index is 836. The SMILES string of the molecule is C[C@H](NC(=O)[C@@H]1CCCN(C(=O)c2cccs2)C1)c1cccc(C(F)(F)F)c1. The summed E-state index contributed by atoms with van der Waals surface area (Å²) in [5.41, 5.74) is -0.345. The van der Waals surface area contributed by atoms with Crippen molar-refractivity contribution in [2.75, 3.05) is 13.1 Å². The van der Waals surface area contributed by atoms with Crippen LogP contribution in [0.4, 0.5) is 13.2 Å². The molecule has 0 bridgehead atoms. The van der Waals surface area contributed by atoms with Crippen LogP contribution in [0, 0.1) is 5.92 Å². The summed E-state index contributed by atoms with van der Waals surface area (Å²) in [5.74, 6) is -0.696. The Kier molecular flexibility index (Phi) is 6.07. The minimum Gasteiger partial charge on any atom is -0.349 e. The van der Waals surface area contributed by atoms with E-state index in [9.17, 15) is 22.8 Å². The minimum absolute atomic E-state index is 0.0848. The van der Waals surface area contributed by atoms with Crippen molar-refractivity contribution < 1.29 is 22.8 Å². The summed E-state index contributed by atoms with van der Waals surface area (Å²) in [6.45, 7) is 2.58. The Hall–Kier alpha value is -2.35. The number of piperidine rings is 1. The Balaban J connectivity index is 1.63. The normalized spacial score (nSPS) is 18.6. The topological polar surface area (TPSA) is 49.4 Å². The highest BCUT2D eigenvalue weighted by molar-refractivity contribution is 7.12. The Morgan fingerprint density at radius 1 is 1.25 bits per heavy atom. The lowest BCUT2D eigenvalue weighted by Crippen LogP contribution is -2.45. The highest BCUT2D eigenvalue weighted by atomic mass is 32.1. The lowest BCUT2D eigenvalue weighted by Gasteiger charge is -2.32. The van der Waals surface area contributed by atoms with E-state index in [4.69, 9.17) is 0 Å². The van der Waals surface area contributed by atoms with Crippen LogP contribution in [-0.2, 0) is 11.0 Å². The minimum atomic E-state index is -4.42. The quantitative estimate of drug-likeness (QED) is 0.807. The first-order valence-electron chi connectivity index (χ1n) is 9.06. The van der Waals surface area contributed by atoms with Crippen molar-refractivity contribution >= 4 is 23.2 Å². The number of benzene rings is 1. The molecule has 0 aliphatic carbocycles. The molecule has 0 unspecified atom stereocenters. The number of thiophene rings is 1. The van der Waals surface area contributed by atoms with Gasteiger partial charge in [-0.2, -0.15) is 13.2 Å². The summed E-state index contributed by atoms with van der Waals surface area (Å²) < 4.78 is 38.7. The predicted octanol–water partition coefficient (Wildman–Crippen LogP) is 4.50. The van der Waals surface area contributed by atoms with Gasteiger partial charge in [-0.1, -0.05) is 18.2 Å². The first-order chi connectivity index (χ1) is 13.3. The van der Waals surface area contributed by atoms with Gasteiger partial charge in [0, 0.05) is 13.1 Å². The van der Waals surface area contributed by atoms with Gasteiger partial charge in [0.2, 0.25) is 5.91 Å². The average molecular weight is 410 g/mol. The fraction of sp³-hybridized carbons (Fsp3) is 0.400. The molecule has 0 saturated carbocycles.